The Kier molecular flexibility index (Phi) is 3.44. The fourth-order valence-electron chi connectivity index (χ4n) is 2.01. The lowest BCUT2D eigenvalue weighted by Crippen LogP contribution is -2.10. The molecule has 3 rings (SSSR count). The van der Waals surface area contributed by atoms with E-state index in [9.17, 15) is 14.9 Å². The molecule has 0 unspecified atom stereocenters. The van der Waals surface area contributed by atoms with E-state index in [1.807, 2.05) is 0 Å². The average molecular weight is 302 g/mol. The molecule has 0 spiro atoms. The Balaban J connectivity index is 2.00. The molecule has 2 heterocycles. The molecule has 1 N–H and O–H groups in total. The number of imidazole rings is 1. The van der Waals surface area contributed by atoms with Crippen LogP contribution in [0, 0.1) is 10.1 Å². The first kappa shape index (κ1) is 13.4. The maximum atomic E-state index is 12.4. The Morgan fingerprint density at radius 2 is 2.29 bits per heavy atom. The van der Waals surface area contributed by atoms with Crippen LogP contribution >= 0.6 is 11.9 Å². The number of hydrogen-bond acceptors (Lipinski definition) is 5. The average Bonchev–Trinajstić information content (AvgIpc) is 2.99. The van der Waals surface area contributed by atoms with E-state index in [2.05, 4.69) is 9.97 Å². The van der Waals surface area contributed by atoms with E-state index < -0.39 is 4.92 Å². The molecule has 0 atom stereocenters. The maximum absolute atomic E-state index is 12.4. The van der Waals surface area contributed by atoms with Gasteiger partial charge in [0, 0.05) is 36.0 Å². The molecular weight excluding hydrogens is 292 g/mol. The summed E-state index contributed by atoms with van der Waals surface area (Å²) in [7, 11) is 0. The van der Waals surface area contributed by atoms with Crippen LogP contribution in [-0.2, 0) is 5.75 Å². The lowest BCUT2D eigenvalue weighted by Gasteiger charge is -2.04. The Hall–Kier alpha value is -2.61. The molecule has 0 bridgehead atoms. The van der Waals surface area contributed by atoms with Gasteiger partial charge in [-0.15, -0.1) is 0 Å². The third kappa shape index (κ3) is 2.52. The molecule has 1 aromatic carbocycles. The number of pyridine rings is 1. The van der Waals surface area contributed by atoms with Crippen LogP contribution in [0.4, 0.5) is 5.69 Å². The van der Waals surface area contributed by atoms with Gasteiger partial charge in [0.25, 0.3) is 5.69 Å². The van der Waals surface area contributed by atoms with Crippen LogP contribution in [0.25, 0.3) is 10.9 Å². The molecule has 21 heavy (non-hydrogen) atoms. The molecule has 0 amide bonds. The van der Waals surface area contributed by atoms with Gasteiger partial charge in [0.05, 0.1) is 10.3 Å². The number of nitrogens with zero attached hydrogens (tertiary/aromatic N) is 3. The fraction of sp³-hybridized carbons (Fsp3) is 0.0769. The number of aromatic amines is 1. The van der Waals surface area contributed by atoms with Gasteiger partial charge in [-0.2, -0.15) is 0 Å². The second-order valence-corrected chi connectivity index (χ2v) is 5.26. The van der Waals surface area contributed by atoms with E-state index in [1.54, 1.807) is 28.8 Å². The minimum atomic E-state index is -0.502. The van der Waals surface area contributed by atoms with Crippen molar-refractivity contribution in [1.82, 2.24) is 13.9 Å². The first-order valence-electron chi connectivity index (χ1n) is 6.06. The van der Waals surface area contributed by atoms with Gasteiger partial charge in [0.1, 0.15) is 11.8 Å². The molecule has 2 aromatic heterocycles. The molecule has 0 saturated heterocycles. The van der Waals surface area contributed by atoms with Crippen LogP contribution in [0.1, 0.15) is 5.56 Å². The Morgan fingerprint density at radius 3 is 3.00 bits per heavy atom. The number of hydrogen-bond donors (Lipinski definition) is 1. The van der Waals surface area contributed by atoms with Gasteiger partial charge < -0.3 is 4.98 Å². The van der Waals surface area contributed by atoms with Crippen molar-refractivity contribution < 1.29 is 4.92 Å². The number of nitro benzene ring substituents is 1. The highest BCUT2D eigenvalue weighted by Gasteiger charge is 2.15. The summed E-state index contributed by atoms with van der Waals surface area (Å²) < 4.78 is 1.79. The standard InChI is InChI=1S/C13H10N4O3S/c18-13-9(7-21-16-5-4-14-8-16)6-15-12-10(13)2-1-3-11(12)17(19)20/h1-6,8H,7H2,(H,15,18). The van der Waals surface area contributed by atoms with Crippen LogP contribution in [0.15, 0.2) is 47.9 Å². The monoisotopic (exact) mass is 302 g/mol. The highest BCUT2D eigenvalue weighted by atomic mass is 32.2. The van der Waals surface area contributed by atoms with Gasteiger partial charge in [0.15, 0.2) is 5.43 Å². The molecule has 0 fully saturated rings. The largest absolute Gasteiger partial charge is 0.355 e. The fourth-order valence-corrected chi connectivity index (χ4v) is 2.77. The predicted molar refractivity (Wildman–Crippen MR) is 80.1 cm³/mol. The summed E-state index contributed by atoms with van der Waals surface area (Å²) in [5, 5.41) is 11.3. The summed E-state index contributed by atoms with van der Waals surface area (Å²) in [4.78, 5) is 29.6. The summed E-state index contributed by atoms with van der Waals surface area (Å²) in [6.07, 6.45) is 6.61. The third-order valence-corrected chi connectivity index (χ3v) is 3.97. The van der Waals surface area contributed by atoms with Gasteiger partial charge in [-0.1, -0.05) is 6.07 Å². The van der Waals surface area contributed by atoms with Crippen LogP contribution in [-0.4, -0.2) is 18.9 Å². The minimum Gasteiger partial charge on any atom is -0.355 e. The Morgan fingerprint density at radius 1 is 1.43 bits per heavy atom. The number of fused-ring (bicyclic) bond motifs is 1. The summed E-state index contributed by atoms with van der Waals surface area (Å²) in [6, 6.07) is 4.48. The van der Waals surface area contributed by atoms with Gasteiger partial charge in [0.2, 0.25) is 0 Å². The molecule has 0 aliphatic heterocycles. The van der Waals surface area contributed by atoms with Crippen LogP contribution in [0.5, 0.6) is 0 Å². The highest BCUT2D eigenvalue weighted by molar-refractivity contribution is 7.97. The van der Waals surface area contributed by atoms with Crippen molar-refractivity contribution in [2.24, 2.45) is 0 Å². The molecule has 0 aliphatic rings. The van der Waals surface area contributed by atoms with Crippen molar-refractivity contribution >= 4 is 28.5 Å². The van der Waals surface area contributed by atoms with Crippen LogP contribution < -0.4 is 5.43 Å². The second kappa shape index (κ2) is 5.41. The quantitative estimate of drug-likeness (QED) is 0.589. The Labute approximate surface area is 122 Å². The summed E-state index contributed by atoms with van der Waals surface area (Å²) >= 11 is 1.41. The number of benzene rings is 1. The molecular formula is C13H10N4O3S. The number of nitrogens with one attached hydrogen (secondary N) is 1. The molecule has 0 saturated carbocycles. The van der Waals surface area contributed by atoms with Gasteiger partial charge in [-0.05, 0) is 18.0 Å². The van der Waals surface area contributed by atoms with E-state index in [4.69, 9.17) is 0 Å². The van der Waals surface area contributed by atoms with Crippen molar-refractivity contribution in [3.8, 4) is 0 Å². The van der Waals surface area contributed by atoms with E-state index in [0.717, 1.165) is 0 Å². The minimum absolute atomic E-state index is 0.0987. The SMILES string of the molecule is O=c1c(CSn2ccnc2)c[nH]c2c([N+](=O)[O-])cccc12. The summed E-state index contributed by atoms with van der Waals surface area (Å²) in [5.74, 6) is 0.449. The lowest BCUT2D eigenvalue weighted by molar-refractivity contribution is -0.383. The number of aromatic nitrogens is 3. The molecule has 7 nitrogen and oxygen atoms in total. The first-order chi connectivity index (χ1) is 10.2. The van der Waals surface area contributed by atoms with Crippen molar-refractivity contribution in [1.29, 1.82) is 0 Å². The van der Waals surface area contributed by atoms with Crippen LogP contribution in [0.3, 0.4) is 0 Å². The van der Waals surface area contributed by atoms with Crippen molar-refractivity contribution in [3.63, 3.8) is 0 Å². The van der Waals surface area contributed by atoms with Gasteiger partial charge in [-0.25, -0.2) is 4.98 Å². The zero-order valence-corrected chi connectivity index (χ0v) is 11.5. The number of H-pyrrole nitrogens is 1. The van der Waals surface area contributed by atoms with E-state index in [1.165, 1.54) is 30.3 Å². The molecule has 8 heteroatoms. The summed E-state index contributed by atoms with van der Waals surface area (Å²) in [5.41, 5.74) is 0.518. The maximum Gasteiger partial charge on any atom is 0.293 e. The molecule has 0 aliphatic carbocycles. The number of non-ortho nitro benzene ring substituents is 1. The predicted octanol–water partition coefficient (Wildman–Crippen LogP) is 2.33. The van der Waals surface area contributed by atoms with E-state index in [0.29, 0.717) is 16.7 Å². The zero-order chi connectivity index (χ0) is 14.8. The topological polar surface area (TPSA) is 93.8 Å². The van der Waals surface area contributed by atoms with Crippen molar-refractivity contribution in [2.75, 3.05) is 0 Å². The van der Waals surface area contributed by atoms with Gasteiger partial charge >= 0.3 is 0 Å². The molecule has 3 aromatic rings. The second-order valence-electron chi connectivity index (χ2n) is 4.30. The first-order valence-corrected chi connectivity index (χ1v) is 7.00. The highest BCUT2D eigenvalue weighted by Crippen LogP contribution is 2.22. The molecule has 0 radical (unpaired) electrons. The Bertz CT molecular complexity index is 857. The molecule has 106 valence electrons. The lowest BCUT2D eigenvalue weighted by atomic mass is 10.1. The summed E-state index contributed by atoms with van der Waals surface area (Å²) in [6.45, 7) is 0. The van der Waals surface area contributed by atoms with E-state index >= 15 is 0 Å². The number of rotatable bonds is 4. The van der Waals surface area contributed by atoms with E-state index in [-0.39, 0.29) is 16.6 Å². The van der Waals surface area contributed by atoms with Crippen molar-refractivity contribution in [2.45, 2.75) is 5.75 Å². The third-order valence-electron chi connectivity index (χ3n) is 3.02. The van der Waals surface area contributed by atoms with Crippen LogP contribution in [0.2, 0.25) is 0 Å². The van der Waals surface area contributed by atoms with Crippen molar-refractivity contribution in [3.05, 3.63) is 69.0 Å². The normalized spacial score (nSPS) is 10.9. The smallest absolute Gasteiger partial charge is 0.293 e. The number of nitro groups is 1. The zero-order valence-electron chi connectivity index (χ0n) is 10.7. The number of para-hydroxylation sites is 1. The van der Waals surface area contributed by atoms with Gasteiger partial charge in [-0.3, -0.25) is 18.9 Å².